The van der Waals surface area contributed by atoms with Gasteiger partial charge in [-0.2, -0.15) is 5.10 Å². The van der Waals surface area contributed by atoms with Gasteiger partial charge in [0.2, 0.25) is 5.91 Å². The highest BCUT2D eigenvalue weighted by Crippen LogP contribution is 2.27. The Balaban J connectivity index is 1.54. The Morgan fingerprint density at radius 3 is 2.88 bits per heavy atom. The zero-order valence-electron chi connectivity index (χ0n) is 15.4. The molecule has 0 bridgehead atoms. The number of amides is 1. The van der Waals surface area contributed by atoms with Gasteiger partial charge in [-0.15, -0.1) is 0 Å². The molecule has 0 N–H and O–H groups in total. The predicted molar refractivity (Wildman–Crippen MR) is 93.0 cm³/mol. The van der Waals surface area contributed by atoms with Crippen molar-refractivity contribution in [1.82, 2.24) is 19.6 Å². The van der Waals surface area contributed by atoms with Crippen molar-refractivity contribution in [3.8, 4) is 0 Å². The van der Waals surface area contributed by atoms with Crippen LogP contribution in [0.4, 0.5) is 0 Å². The van der Waals surface area contributed by atoms with Crippen molar-refractivity contribution in [2.75, 3.05) is 33.3 Å². The van der Waals surface area contributed by atoms with Gasteiger partial charge in [0, 0.05) is 57.3 Å². The number of hydrogen-bond donors (Lipinski definition) is 0. The third kappa shape index (κ3) is 3.86. The zero-order valence-corrected chi connectivity index (χ0v) is 15.4. The van der Waals surface area contributed by atoms with E-state index in [1.165, 1.54) is 18.4 Å². The first-order valence-electron chi connectivity index (χ1n) is 9.09. The number of methoxy groups -OCH3 is 1. The molecule has 1 aromatic rings. The summed E-state index contributed by atoms with van der Waals surface area (Å²) in [5.74, 6) is 0.155. The van der Waals surface area contributed by atoms with E-state index in [4.69, 9.17) is 4.74 Å². The van der Waals surface area contributed by atoms with Gasteiger partial charge in [-0.1, -0.05) is 0 Å². The average molecular weight is 348 g/mol. The summed E-state index contributed by atoms with van der Waals surface area (Å²) in [4.78, 5) is 28.6. The molecule has 0 radical (unpaired) electrons. The number of carbonyl (C=O) groups is 2. The van der Waals surface area contributed by atoms with E-state index in [0.29, 0.717) is 13.0 Å². The van der Waals surface area contributed by atoms with Gasteiger partial charge < -0.3 is 9.64 Å². The van der Waals surface area contributed by atoms with Gasteiger partial charge in [0.05, 0.1) is 19.7 Å². The molecule has 2 heterocycles. The summed E-state index contributed by atoms with van der Waals surface area (Å²) in [5, 5.41) is 4.32. The molecule has 1 amide bonds. The van der Waals surface area contributed by atoms with E-state index >= 15 is 0 Å². The second-order valence-corrected chi connectivity index (χ2v) is 7.18. The van der Waals surface area contributed by atoms with Crippen LogP contribution in [-0.4, -0.2) is 70.8 Å². The van der Waals surface area contributed by atoms with Crippen LogP contribution in [0.25, 0.3) is 0 Å². The number of rotatable bonds is 4. The van der Waals surface area contributed by atoms with Crippen molar-refractivity contribution in [3.63, 3.8) is 0 Å². The quantitative estimate of drug-likeness (QED) is 0.746. The maximum atomic E-state index is 13.0. The zero-order chi connectivity index (χ0) is 18.0. The van der Waals surface area contributed by atoms with Gasteiger partial charge in [0.1, 0.15) is 0 Å². The molecule has 0 saturated carbocycles. The number of nitrogens with zero attached hydrogens (tertiary/aromatic N) is 4. The molecule has 2 atom stereocenters. The van der Waals surface area contributed by atoms with E-state index < -0.39 is 0 Å². The van der Waals surface area contributed by atoms with Crippen LogP contribution < -0.4 is 0 Å². The van der Waals surface area contributed by atoms with Crippen molar-refractivity contribution in [2.45, 2.75) is 38.6 Å². The third-order valence-electron chi connectivity index (χ3n) is 5.61. The van der Waals surface area contributed by atoms with Crippen LogP contribution in [0.15, 0.2) is 6.20 Å². The Morgan fingerprint density at radius 1 is 1.36 bits per heavy atom. The maximum Gasteiger partial charge on any atom is 0.306 e. The molecular formula is C18H28N4O3. The molecule has 1 saturated heterocycles. The van der Waals surface area contributed by atoms with Gasteiger partial charge in [-0.25, -0.2) is 0 Å². The van der Waals surface area contributed by atoms with E-state index in [1.54, 1.807) is 0 Å². The van der Waals surface area contributed by atoms with Crippen LogP contribution in [0, 0.1) is 5.92 Å². The van der Waals surface area contributed by atoms with Gasteiger partial charge in [-0.3, -0.25) is 19.2 Å². The number of aryl methyl sites for hydroxylation is 2. The Labute approximate surface area is 148 Å². The molecule has 138 valence electrons. The fourth-order valence-corrected chi connectivity index (χ4v) is 3.98. The molecule has 1 aromatic heterocycles. The maximum absolute atomic E-state index is 13.0. The topological polar surface area (TPSA) is 67.7 Å². The number of aromatic nitrogens is 2. The molecule has 0 aromatic carbocycles. The lowest BCUT2D eigenvalue weighted by molar-refractivity contribution is -0.143. The summed E-state index contributed by atoms with van der Waals surface area (Å²) in [6, 6.07) is 0.262. The highest BCUT2D eigenvalue weighted by atomic mass is 16.5. The summed E-state index contributed by atoms with van der Waals surface area (Å²) in [6.45, 7) is 5.09. The Hall–Kier alpha value is -1.89. The Morgan fingerprint density at radius 2 is 2.16 bits per heavy atom. The van der Waals surface area contributed by atoms with Crippen molar-refractivity contribution < 1.29 is 14.3 Å². The number of ether oxygens (including phenoxy) is 1. The summed E-state index contributed by atoms with van der Waals surface area (Å²) in [5.41, 5.74) is 2.49. The lowest BCUT2D eigenvalue weighted by atomic mass is 9.86. The second-order valence-electron chi connectivity index (χ2n) is 7.18. The first-order valence-corrected chi connectivity index (χ1v) is 9.09. The largest absolute Gasteiger partial charge is 0.469 e. The van der Waals surface area contributed by atoms with E-state index in [1.807, 2.05) is 22.8 Å². The summed E-state index contributed by atoms with van der Waals surface area (Å²) < 4.78 is 6.61. The minimum Gasteiger partial charge on any atom is -0.469 e. The van der Waals surface area contributed by atoms with Crippen LogP contribution >= 0.6 is 0 Å². The molecule has 2 aliphatic rings. The second kappa shape index (κ2) is 7.56. The normalized spacial score (nSPS) is 24.0. The molecule has 0 unspecified atom stereocenters. The number of esters is 1. The van der Waals surface area contributed by atoms with Crippen molar-refractivity contribution in [2.24, 2.45) is 13.0 Å². The first-order chi connectivity index (χ1) is 12.0. The van der Waals surface area contributed by atoms with E-state index in [-0.39, 0.29) is 23.8 Å². The lowest BCUT2D eigenvalue weighted by Crippen LogP contribution is -2.55. The minimum atomic E-state index is -0.181. The summed E-state index contributed by atoms with van der Waals surface area (Å²) >= 11 is 0. The lowest BCUT2D eigenvalue weighted by Gasteiger charge is -2.41. The number of hydrogen-bond acceptors (Lipinski definition) is 5. The molecule has 1 aliphatic carbocycles. The molecule has 7 heteroatoms. The standard InChI is InChI=1S/C18H28N4O3/c1-13-12-22(9-8-21(13)7-6-17(23)25-3)18(24)14-4-5-15-11-19-20(2)16(15)10-14/h11,13-14H,4-10,12H2,1-3H3/t13-,14-/m0/s1. The Bertz CT molecular complexity index is 642. The smallest absolute Gasteiger partial charge is 0.306 e. The molecule has 1 aliphatic heterocycles. The fraction of sp³-hybridized carbons (Fsp3) is 0.722. The van der Waals surface area contributed by atoms with Crippen LogP contribution in [0.2, 0.25) is 0 Å². The third-order valence-corrected chi connectivity index (χ3v) is 5.61. The van der Waals surface area contributed by atoms with E-state index in [9.17, 15) is 9.59 Å². The van der Waals surface area contributed by atoms with Crippen molar-refractivity contribution in [1.29, 1.82) is 0 Å². The van der Waals surface area contributed by atoms with Crippen LogP contribution in [0.1, 0.15) is 31.0 Å². The molecule has 3 rings (SSSR count). The molecule has 0 spiro atoms. The monoisotopic (exact) mass is 348 g/mol. The molecule has 7 nitrogen and oxygen atoms in total. The highest BCUT2D eigenvalue weighted by Gasteiger charge is 2.33. The SMILES string of the molecule is COC(=O)CCN1CCN(C(=O)[C@H]2CCc3cnn(C)c3C2)C[C@@H]1C. The minimum absolute atomic E-state index is 0.0664. The summed E-state index contributed by atoms with van der Waals surface area (Å²) in [6.07, 6.45) is 4.98. The van der Waals surface area contributed by atoms with Crippen LogP contribution in [-0.2, 0) is 34.2 Å². The van der Waals surface area contributed by atoms with Crippen molar-refractivity contribution in [3.05, 3.63) is 17.5 Å². The van der Waals surface area contributed by atoms with Crippen LogP contribution in [0.5, 0.6) is 0 Å². The van der Waals surface area contributed by atoms with Gasteiger partial charge in [-0.05, 0) is 25.3 Å². The molecule has 1 fully saturated rings. The number of carbonyl (C=O) groups excluding carboxylic acids is 2. The first kappa shape index (κ1) is 17.9. The van der Waals surface area contributed by atoms with Crippen molar-refractivity contribution >= 4 is 11.9 Å². The molecule has 25 heavy (non-hydrogen) atoms. The number of piperazine rings is 1. The Kier molecular flexibility index (Phi) is 5.42. The van der Waals surface area contributed by atoms with Gasteiger partial charge in [0.25, 0.3) is 0 Å². The van der Waals surface area contributed by atoms with E-state index in [0.717, 1.165) is 38.9 Å². The number of fused-ring (bicyclic) bond motifs is 1. The van der Waals surface area contributed by atoms with Gasteiger partial charge >= 0.3 is 5.97 Å². The predicted octanol–water partition coefficient (Wildman–Crippen LogP) is 0.621. The summed E-state index contributed by atoms with van der Waals surface area (Å²) in [7, 11) is 3.37. The fourth-order valence-electron chi connectivity index (χ4n) is 3.98. The molecular weight excluding hydrogens is 320 g/mol. The average Bonchev–Trinajstić information content (AvgIpc) is 3.00. The van der Waals surface area contributed by atoms with Crippen LogP contribution in [0.3, 0.4) is 0 Å². The van der Waals surface area contributed by atoms with E-state index in [2.05, 4.69) is 16.9 Å². The van der Waals surface area contributed by atoms with Gasteiger partial charge in [0.15, 0.2) is 0 Å². The highest BCUT2D eigenvalue weighted by molar-refractivity contribution is 5.79.